The fraction of sp³-hybridized carbons (Fsp3) is 0.333. The molecule has 0 aromatic heterocycles. The van der Waals surface area contributed by atoms with E-state index in [0.29, 0.717) is 13.0 Å². The van der Waals surface area contributed by atoms with E-state index < -0.39 is 20.0 Å². The highest BCUT2D eigenvalue weighted by Crippen LogP contribution is 2.27. The van der Waals surface area contributed by atoms with Crippen molar-refractivity contribution in [3.63, 3.8) is 0 Å². The standard InChI is InChI=1S/C18H22N2O4S2/c1-14-4-7-17(8-5-14)26(23,24)20-11-10-15-6-9-18(12-16(15)13-20)25(21,22)19(2)3/h4-9,12H,10-11,13H2,1-3H3. The zero-order valence-electron chi connectivity index (χ0n) is 15.0. The number of benzene rings is 2. The Balaban J connectivity index is 1.95. The van der Waals surface area contributed by atoms with E-state index in [4.69, 9.17) is 0 Å². The predicted octanol–water partition coefficient (Wildman–Crippen LogP) is 1.99. The highest BCUT2D eigenvalue weighted by molar-refractivity contribution is 7.89. The van der Waals surface area contributed by atoms with Crippen LogP contribution in [0.1, 0.15) is 16.7 Å². The summed E-state index contributed by atoms with van der Waals surface area (Å²) in [5, 5.41) is 0. The number of nitrogens with zero attached hydrogens (tertiary/aromatic N) is 2. The quantitative estimate of drug-likeness (QED) is 0.795. The van der Waals surface area contributed by atoms with Gasteiger partial charge in [-0.1, -0.05) is 23.8 Å². The van der Waals surface area contributed by atoms with Gasteiger partial charge in [-0.05, 0) is 48.7 Å². The first-order chi connectivity index (χ1) is 12.1. The molecule has 0 fully saturated rings. The molecule has 0 N–H and O–H groups in total. The third-order valence-electron chi connectivity index (χ3n) is 4.59. The predicted molar refractivity (Wildman–Crippen MR) is 99.8 cm³/mol. The molecule has 1 aliphatic rings. The highest BCUT2D eigenvalue weighted by Gasteiger charge is 2.29. The first-order valence-electron chi connectivity index (χ1n) is 8.23. The normalized spacial score (nSPS) is 15.8. The second kappa shape index (κ2) is 6.77. The summed E-state index contributed by atoms with van der Waals surface area (Å²) in [7, 11) is -4.22. The van der Waals surface area contributed by atoms with Gasteiger partial charge in [-0.2, -0.15) is 4.31 Å². The third-order valence-corrected chi connectivity index (χ3v) is 8.26. The Hall–Kier alpha value is -1.74. The summed E-state index contributed by atoms with van der Waals surface area (Å²) in [6.45, 7) is 2.45. The van der Waals surface area contributed by atoms with Gasteiger partial charge in [0, 0.05) is 27.2 Å². The largest absolute Gasteiger partial charge is 0.243 e. The molecule has 0 radical (unpaired) electrons. The molecule has 2 aromatic carbocycles. The van der Waals surface area contributed by atoms with Crippen molar-refractivity contribution in [2.45, 2.75) is 29.7 Å². The van der Waals surface area contributed by atoms with Crippen molar-refractivity contribution in [3.05, 3.63) is 59.2 Å². The minimum absolute atomic E-state index is 0.169. The van der Waals surface area contributed by atoms with Crippen molar-refractivity contribution < 1.29 is 16.8 Å². The van der Waals surface area contributed by atoms with Gasteiger partial charge < -0.3 is 0 Å². The Bertz CT molecular complexity index is 1030. The first-order valence-corrected chi connectivity index (χ1v) is 11.1. The molecule has 6 nitrogen and oxygen atoms in total. The van der Waals surface area contributed by atoms with Gasteiger partial charge in [0.1, 0.15) is 0 Å². The third kappa shape index (κ3) is 3.42. The molecular weight excluding hydrogens is 372 g/mol. The van der Waals surface area contributed by atoms with Gasteiger partial charge in [0.2, 0.25) is 20.0 Å². The zero-order chi connectivity index (χ0) is 19.1. The van der Waals surface area contributed by atoms with Gasteiger partial charge in [-0.3, -0.25) is 0 Å². The maximum absolute atomic E-state index is 12.9. The maximum atomic E-state index is 12.9. The van der Waals surface area contributed by atoms with Crippen LogP contribution >= 0.6 is 0 Å². The number of rotatable bonds is 4. The van der Waals surface area contributed by atoms with Crippen LogP contribution in [0.25, 0.3) is 0 Å². The fourth-order valence-electron chi connectivity index (χ4n) is 2.94. The van der Waals surface area contributed by atoms with E-state index in [1.807, 2.05) is 6.92 Å². The fourth-order valence-corrected chi connectivity index (χ4v) is 5.32. The Morgan fingerprint density at radius 2 is 1.50 bits per heavy atom. The second-order valence-electron chi connectivity index (χ2n) is 6.62. The van der Waals surface area contributed by atoms with Crippen LogP contribution in [0.5, 0.6) is 0 Å². The molecule has 1 heterocycles. The summed E-state index contributed by atoms with van der Waals surface area (Å²) in [4.78, 5) is 0.430. The molecule has 0 aliphatic carbocycles. The van der Waals surface area contributed by atoms with Gasteiger partial charge in [0.05, 0.1) is 9.79 Å². The van der Waals surface area contributed by atoms with Gasteiger partial charge >= 0.3 is 0 Å². The van der Waals surface area contributed by atoms with Crippen LogP contribution in [0.15, 0.2) is 52.3 Å². The molecular formula is C18H22N2O4S2. The Labute approximate surface area is 155 Å². The van der Waals surface area contributed by atoms with E-state index in [1.165, 1.54) is 18.4 Å². The van der Waals surface area contributed by atoms with Crippen molar-refractivity contribution in [3.8, 4) is 0 Å². The monoisotopic (exact) mass is 394 g/mol. The summed E-state index contributed by atoms with van der Waals surface area (Å²) < 4.78 is 53.0. The van der Waals surface area contributed by atoms with Crippen molar-refractivity contribution in [2.24, 2.45) is 0 Å². The molecule has 0 unspecified atom stereocenters. The number of aryl methyl sites for hydroxylation is 1. The summed E-state index contributed by atoms with van der Waals surface area (Å²) in [5.41, 5.74) is 2.71. The van der Waals surface area contributed by atoms with E-state index >= 15 is 0 Å². The first kappa shape index (κ1) is 19.0. The van der Waals surface area contributed by atoms with E-state index in [9.17, 15) is 16.8 Å². The lowest BCUT2D eigenvalue weighted by atomic mass is 10.0. The molecule has 0 atom stereocenters. The second-order valence-corrected chi connectivity index (χ2v) is 10.7. The zero-order valence-corrected chi connectivity index (χ0v) is 16.6. The molecule has 1 aliphatic heterocycles. The molecule has 8 heteroatoms. The number of fused-ring (bicyclic) bond motifs is 1. The van der Waals surface area contributed by atoms with E-state index in [1.54, 1.807) is 42.5 Å². The summed E-state index contributed by atoms with van der Waals surface area (Å²) in [6.07, 6.45) is 0.558. The minimum atomic E-state index is -3.61. The van der Waals surface area contributed by atoms with Crippen LogP contribution in [0.4, 0.5) is 0 Å². The lowest BCUT2D eigenvalue weighted by Crippen LogP contribution is -2.36. The van der Waals surface area contributed by atoms with Gasteiger partial charge in [-0.25, -0.2) is 21.1 Å². The van der Waals surface area contributed by atoms with Crippen LogP contribution in [-0.4, -0.2) is 46.1 Å². The van der Waals surface area contributed by atoms with Gasteiger partial charge in [-0.15, -0.1) is 0 Å². The maximum Gasteiger partial charge on any atom is 0.243 e. The number of hydrogen-bond donors (Lipinski definition) is 0. The van der Waals surface area contributed by atoms with E-state index in [0.717, 1.165) is 21.0 Å². The molecule has 0 amide bonds. The molecule has 3 rings (SSSR count). The van der Waals surface area contributed by atoms with Crippen LogP contribution in [-0.2, 0) is 33.0 Å². The van der Waals surface area contributed by atoms with Crippen molar-refractivity contribution in [1.29, 1.82) is 0 Å². The molecule has 0 bridgehead atoms. The number of hydrogen-bond acceptors (Lipinski definition) is 4. The van der Waals surface area contributed by atoms with Crippen LogP contribution < -0.4 is 0 Å². The summed E-state index contributed by atoms with van der Waals surface area (Å²) >= 11 is 0. The SMILES string of the molecule is Cc1ccc(S(=O)(=O)N2CCc3ccc(S(=O)(=O)N(C)C)cc3C2)cc1. The van der Waals surface area contributed by atoms with Crippen LogP contribution in [0.3, 0.4) is 0 Å². The molecule has 26 heavy (non-hydrogen) atoms. The van der Waals surface area contributed by atoms with Crippen molar-refractivity contribution in [1.82, 2.24) is 8.61 Å². The molecule has 0 saturated heterocycles. The summed E-state index contributed by atoms with van der Waals surface area (Å²) in [5.74, 6) is 0. The lowest BCUT2D eigenvalue weighted by Gasteiger charge is -2.28. The van der Waals surface area contributed by atoms with Crippen LogP contribution in [0, 0.1) is 6.92 Å². The average Bonchev–Trinajstić information content (AvgIpc) is 2.61. The minimum Gasteiger partial charge on any atom is -0.207 e. The smallest absolute Gasteiger partial charge is 0.207 e. The molecule has 140 valence electrons. The van der Waals surface area contributed by atoms with Gasteiger partial charge in [0.15, 0.2) is 0 Å². The average molecular weight is 395 g/mol. The Morgan fingerprint density at radius 1 is 0.885 bits per heavy atom. The van der Waals surface area contributed by atoms with Gasteiger partial charge in [0.25, 0.3) is 0 Å². The summed E-state index contributed by atoms with van der Waals surface area (Å²) in [6, 6.07) is 11.7. The molecule has 0 saturated carbocycles. The van der Waals surface area contributed by atoms with E-state index in [2.05, 4.69) is 0 Å². The van der Waals surface area contributed by atoms with Crippen molar-refractivity contribution in [2.75, 3.05) is 20.6 Å². The molecule has 2 aromatic rings. The topological polar surface area (TPSA) is 74.8 Å². The Morgan fingerprint density at radius 3 is 2.12 bits per heavy atom. The Kier molecular flexibility index (Phi) is 4.96. The number of sulfonamides is 2. The highest BCUT2D eigenvalue weighted by atomic mass is 32.2. The van der Waals surface area contributed by atoms with Crippen molar-refractivity contribution >= 4 is 20.0 Å². The van der Waals surface area contributed by atoms with Crippen LogP contribution in [0.2, 0.25) is 0 Å². The lowest BCUT2D eigenvalue weighted by molar-refractivity contribution is 0.391. The van der Waals surface area contributed by atoms with E-state index in [-0.39, 0.29) is 16.3 Å². The molecule has 0 spiro atoms.